The summed E-state index contributed by atoms with van der Waals surface area (Å²) < 4.78 is 0. The quantitative estimate of drug-likeness (QED) is 0.672. The van der Waals surface area contributed by atoms with Gasteiger partial charge in [0.25, 0.3) is 0 Å². The summed E-state index contributed by atoms with van der Waals surface area (Å²) in [6.07, 6.45) is 1.49. The van der Waals surface area contributed by atoms with Gasteiger partial charge in [-0.2, -0.15) is 0 Å². The largest absolute Gasteiger partial charge is 0.399 e. The van der Waals surface area contributed by atoms with Crippen molar-refractivity contribution in [2.45, 2.75) is 19.3 Å². The number of anilines is 2. The molecule has 2 aromatic rings. The van der Waals surface area contributed by atoms with Crippen molar-refractivity contribution in [3.63, 3.8) is 0 Å². The zero-order valence-corrected chi connectivity index (χ0v) is 12.0. The lowest BCUT2D eigenvalue weighted by molar-refractivity contribution is -0.120. The molecule has 0 aliphatic carbocycles. The molecule has 2 rings (SSSR count). The predicted octanol–water partition coefficient (Wildman–Crippen LogP) is 2.63. The van der Waals surface area contributed by atoms with Gasteiger partial charge in [0.2, 0.25) is 11.2 Å². The molecule has 0 aliphatic rings. The molecule has 0 spiro atoms. The summed E-state index contributed by atoms with van der Waals surface area (Å²) in [4.78, 5) is 20.1. The van der Waals surface area contributed by atoms with Gasteiger partial charge in [0.15, 0.2) is 0 Å². The molecule has 0 saturated heterocycles. The SMILES string of the molecule is CC(C)(C(=O)Nc1ccnc(Cl)n1)c1ccc(N)cc1. The number of rotatable bonds is 3. The molecule has 5 nitrogen and oxygen atoms in total. The van der Waals surface area contributed by atoms with E-state index in [-0.39, 0.29) is 11.2 Å². The lowest BCUT2D eigenvalue weighted by Gasteiger charge is -2.24. The van der Waals surface area contributed by atoms with E-state index >= 15 is 0 Å². The topological polar surface area (TPSA) is 80.9 Å². The molecular formula is C14H15ClN4O. The first kappa shape index (κ1) is 14.3. The number of halogens is 1. The van der Waals surface area contributed by atoms with Gasteiger partial charge < -0.3 is 11.1 Å². The first-order valence-electron chi connectivity index (χ1n) is 6.05. The molecule has 0 atom stereocenters. The van der Waals surface area contributed by atoms with Crippen LogP contribution in [0.1, 0.15) is 19.4 Å². The molecule has 6 heteroatoms. The molecule has 20 heavy (non-hydrogen) atoms. The number of nitrogen functional groups attached to an aromatic ring is 1. The van der Waals surface area contributed by atoms with Crippen LogP contribution in [0.5, 0.6) is 0 Å². The van der Waals surface area contributed by atoms with Crippen molar-refractivity contribution in [1.82, 2.24) is 9.97 Å². The van der Waals surface area contributed by atoms with Crippen LogP contribution < -0.4 is 11.1 Å². The smallest absolute Gasteiger partial charge is 0.235 e. The summed E-state index contributed by atoms with van der Waals surface area (Å²) in [5.74, 6) is 0.190. The van der Waals surface area contributed by atoms with Crippen molar-refractivity contribution in [1.29, 1.82) is 0 Å². The highest BCUT2D eigenvalue weighted by atomic mass is 35.5. The number of hydrogen-bond acceptors (Lipinski definition) is 4. The van der Waals surface area contributed by atoms with Gasteiger partial charge in [0, 0.05) is 11.9 Å². The van der Waals surface area contributed by atoms with E-state index in [2.05, 4.69) is 15.3 Å². The Hall–Kier alpha value is -2.14. The van der Waals surface area contributed by atoms with E-state index in [1.54, 1.807) is 18.2 Å². The normalized spacial score (nSPS) is 11.2. The van der Waals surface area contributed by atoms with Crippen LogP contribution in [0.25, 0.3) is 0 Å². The van der Waals surface area contributed by atoms with Gasteiger partial charge in [-0.25, -0.2) is 9.97 Å². The van der Waals surface area contributed by atoms with Crippen molar-refractivity contribution in [2.75, 3.05) is 11.1 Å². The van der Waals surface area contributed by atoms with Crippen LogP contribution in [0.15, 0.2) is 36.5 Å². The lowest BCUT2D eigenvalue weighted by Crippen LogP contribution is -2.35. The van der Waals surface area contributed by atoms with Crippen LogP contribution in [-0.4, -0.2) is 15.9 Å². The van der Waals surface area contributed by atoms with Gasteiger partial charge >= 0.3 is 0 Å². The number of nitrogens with zero attached hydrogens (tertiary/aromatic N) is 2. The molecule has 0 radical (unpaired) electrons. The molecule has 0 bridgehead atoms. The van der Waals surface area contributed by atoms with Crippen LogP contribution in [0.4, 0.5) is 11.5 Å². The summed E-state index contributed by atoms with van der Waals surface area (Å²) in [6, 6.07) is 8.80. The van der Waals surface area contributed by atoms with Gasteiger partial charge in [-0.1, -0.05) is 12.1 Å². The molecule has 0 unspecified atom stereocenters. The van der Waals surface area contributed by atoms with E-state index in [0.717, 1.165) is 5.56 Å². The fourth-order valence-corrected chi connectivity index (χ4v) is 1.86. The number of hydrogen-bond donors (Lipinski definition) is 2. The van der Waals surface area contributed by atoms with Crippen LogP contribution in [0.2, 0.25) is 5.28 Å². The van der Waals surface area contributed by atoms with Gasteiger partial charge in [-0.05, 0) is 49.2 Å². The van der Waals surface area contributed by atoms with E-state index in [1.165, 1.54) is 6.20 Å². The standard InChI is InChI=1S/C14H15ClN4O/c1-14(2,9-3-5-10(16)6-4-9)12(20)18-11-7-8-17-13(15)19-11/h3-8H,16H2,1-2H3,(H,17,18,19,20). The first-order chi connectivity index (χ1) is 9.39. The van der Waals surface area contributed by atoms with Crippen LogP contribution in [0, 0.1) is 0 Å². The van der Waals surface area contributed by atoms with Crippen LogP contribution in [-0.2, 0) is 10.2 Å². The Morgan fingerprint density at radius 3 is 2.50 bits per heavy atom. The number of benzene rings is 1. The number of nitrogens with two attached hydrogens (primary N) is 1. The monoisotopic (exact) mass is 290 g/mol. The van der Waals surface area contributed by atoms with E-state index in [4.69, 9.17) is 17.3 Å². The molecular weight excluding hydrogens is 276 g/mol. The molecule has 0 fully saturated rings. The summed E-state index contributed by atoms with van der Waals surface area (Å²) in [7, 11) is 0. The van der Waals surface area contributed by atoms with Gasteiger partial charge in [0.1, 0.15) is 5.82 Å². The van der Waals surface area contributed by atoms with Crippen molar-refractivity contribution in [2.24, 2.45) is 0 Å². The lowest BCUT2D eigenvalue weighted by atomic mass is 9.83. The fraction of sp³-hybridized carbons (Fsp3) is 0.214. The molecule has 1 aromatic heterocycles. The molecule has 0 aliphatic heterocycles. The zero-order valence-electron chi connectivity index (χ0n) is 11.2. The van der Waals surface area contributed by atoms with Crippen molar-refractivity contribution in [3.05, 3.63) is 47.4 Å². The van der Waals surface area contributed by atoms with Crippen molar-refractivity contribution >= 4 is 29.0 Å². The highest BCUT2D eigenvalue weighted by molar-refractivity contribution is 6.28. The van der Waals surface area contributed by atoms with E-state index in [9.17, 15) is 4.79 Å². The minimum absolute atomic E-state index is 0.0908. The maximum Gasteiger partial charge on any atom is 0.235 e. The molecule has 1 amide bonds. The molecule has 0 saturated carbocycles. The van der Waals surface area contributed by atoms with E-state index < -0.39 is 5.41 Å². The summed E-state index contributed by atoms with van der Waals surface area (Å²) in [6.45, 7) is 3.66. The fourth-order valence-electron chi connectivity index (χ4n) is 1.71. The maximum atomic E-state index is 12.4. The van der Waals surface area contributed by atoms with Crippen LogP contribution >= 0.6 is 11.6 Å². The third-order valence-corrected chi connectivity index (χ3v) is 3.25. The highest BCUT2D eigenvalue weighted by Crippen LogP contribution is 2.25. The molecule has 104 valence electrons. The first-order valence-corrected chi connectivity index (χ1v) is 6.43. The Balaban J connectivity index is 2.21. The Labute approximate surface area is 122 Å². The number of aromatic nitrogens is 2. The average molecular weight is 291 g/mol. The van der Waals surface area contributed by atoms with Crippen molar-refractivity contribution < 1.29 is 4.79 Å². The molecule has 1 aromatic carbocycles. The second-order valence-electron chi connectivity index (χ2n) is 4.91. The minimum atomic E-state index is -0.717. The number of carbonyl (C=O) groups excluding carboxylic acids is 1. The van der Waals surface area contributed by atoms with Gasteiger partial charge in [-0.3, -0.25) is 4.79 Å². The molecule has 1 heterocycles. The summed E-state index contributed by atoms with van der Waals surface area (Å²) in [5, 5.41) is 2.82. The number of carbonyl (C=O) groups is 1. The summed E-state index contributed by atoms with van der Waals surface area (Å²) >= 11 is 5.69. The van der Waals surface area contributed by atoms with Gasteiger partial charge in [-0.15, -0.1) is 0 Å². The van der Waals surface area contributed by atoms with E-state index in [0.29, 0.717) is 11.5 Å². The predicted molar refractivity (Wildman–Crippen MR) is 79.6 cm³/mol. The minimum Gasteiger partial charge on any atom is -0.399 e. The average Bonchev–Trinajstić information content (AvgIpc) is 2.39. The Morgan fingerprint density at radius 2 is 1.90 bits per heavy atom. The van der Waals surface area contributed by atoms with Crippen molar-refractivity contribution in [3.8, 4) is 0 Å². The molecule has 3 N–H and O–H groups in total. The highest BCUT2D eigenvalue weighted by Gasteiger charge is 2.30. The zero-order chi connectivity index (χ0) is 14.8. The third kappa shape index (κ3) is 3.05. The van der Waals surface area contributed by atoms with E-state index in [1.807, 2.05) is 26.0 Å². The Bertz CT molecular complexity index is 625. The van der Waals surface area contributed by atoms with Crippen LogP contribution in [0.3, 0.4) is 0 Å². The number of nitrogens with one attached hydrogen (secondary N) is 1. The Kier molecular flexibility index (Phi) is 3.90. The third-order valence-electron chi connectivity index (χ3n) is 3.07. The Morgan fingerprint density at radius 1 is 1.25 bits per heavy atom. The van der Waals surface area contributed by atoms with Gasteiger partial charge in [0.05, 0.1) is 5.41 Å². The second-order valence-corrected chi connectivity index (χ2v) is 5.25. The number of amides is 1. The summed E-state index contributed by atoms with van der Waals surface area (Å²) in [5.41, 5.74) is 6.46. The maximum absolute atomic E-state index is 12.4. The second kappa shape index (κ2) is 5.46.